The van der Waals surface area contributed by atoms with Gasteiger partial charge in [0.2, 0.25) is 0 Å². The Bertz CT molecular complexity index is 668. The maximum Gasteiger partial charge on any atom is 0.251 e. The van der Waals surface area contributed by atoms with E-state index in [1.165, 1.54) is 0 Å². The van der Waals surface area contributed by atoms with Crippen LogP contribution in [0.3, 0.4) is 0 Å². The van der Waals surface area contributed by atoms with Gasteiger partial charge < -0.3 is 14.8 Å². The molecule has 0 aliphatic carbocycles. The van der Waals surface area contributed by atoms with Crippen LogP contribution in [0.1, 0.15) is 21.5 Å². The Balaban J connectivity index is 2.11. The topological polar surface area (TPSA) is 47.6 Å². The summed E-state index contributed by atoms with van der Waals surface area (Å²) in [5.74, 6) is 0.985. The molecule has 0 fully saturated rings. The van der Waals surface area contributed by atoms with E-state index in [1.54, 1.807) is 38.5 Å². The number of halogens is 1. The minimum atomic E-state index is -0.147. The van der Waals surface area contributed by atoms with Crippen LogP contribution in [-0.4, -0.2) is 20.1 Å². The minimum Gasteiger partial charge on any atom is -0.493 e. The van der Waals surface area contributed by atoms with Gasteiger partial charge in [-0.3, -0.25) is 4.79 Å². The monoisotopic (exact) mass is 319 g/mol. The normalized spacial score (nSPS) is 10.2. The average Bonchev–Trinajstić information content (AvgIpc) is 2.53. The molecular formula is C17H18ClNO3. The standard InChI is InChI=1S/C17H18ClNO3/c1-11-4-6-12(7-5-11)17(20)19-10-13-8-15(21-2)16(22-3)9-14(13)18/h4-9H,10H2,1-3H3,(H,19,20). The molecule has 0 radical (unpaired) electrons. The highest BCUT2D eigenvalue weighted by Crippen LogP contribution is 2.32. The Morgan fingerprint density at radius 3 is 2.27 bits per heavy atom. The molecule has 0 aliphatic rings. The molecule has 2 aromatic carbocycles. The summed E-state index contributed by atoms with van der Waals surface area (Å²) in [5.41, 5.74) is 2.49. The molecule has 0 bridgehead atoms. The Morgan fingerprint density at radius 2 is 1.68 bits per heavy atom. The zero-order valence-corrected chi connectivity index (χ0v) is 13.5. The first kappa shape index (κ1) is 16.2. The Hall–Kier alpha value is -2.20. The summed E-state index contributed by atoms with van der Waals surface area (Å²) in [5, 5.41) is 3.36. The van der Waals surface area contributed by atoms with Gasteiger partial charge in [-0.1, -0.05) is 29.3 Å². The quantitative estimate of drug-likeness (QED) is 0.916. The molecule has 0 saturated carbocycles. The van der Waals surface area contributed by atoms with Gasteiger partial charge in [0.25, 0.3) is 5.91 Å². The average molecular weight is 320 g/mol. The predicted molar refractivity (Wildman–Crippen MR) is 86.9 cm³/mol. The van der Waals surface area contributed by atoms with Crippen molar-refractivity contribution in [1.29, 1.82) is 0 Å². The lowest BCUT2D eigenvalue weighted by Crippen LogP contribution is -2.22. The van der Waals surface area contributed by atoms with Crippen LogP contribution in [0.2, 0.25) is 5.02 Å². The van der Waals surface area contributed by atoms with Crippen molar-refractivity contribution in [3.05, 3.63) is 58.1 Å². The van der Waals surface area contributed by atoms with Gasteiger partial charge >= 0.3 is 0 Å². The number of ether oxygens (including phenoxy) is 2. The second kappa shape index (κ2) is 7.18. The molecule has 0 saturated heterocycles. The molecule has 2 aromatic rings. The van der Waals surface area contributed by atoms with Gasteiger partial charge in [0.05, 0.1) is 14.2 Å². The molecule has 1 N–H and O–H groups in total. The molecule has 22 heavy (non-hydrogen) atoms. The molecule has 116 valence electrons. The summed E-state index contributed by atoms with van der Waals surface area (Å²) in [6.07, 6.45) is 0. The zero-order valence-electron chi connectivity index (χ0n) is 12.8. The van der Waals surface area contributed by atoms with E-state index in [9.17, 15) is 4.79 Å². The van der Waals surface area contributed by atoms with Crippen molar-refractivity contribution in [2.45, 2.75) is 13.5 Å². The van der Waals surface area contributed by atoms with Gasteiger partial charge in [-0.15, -0.1) is 0 Å². The van der Waals surface area contributed by atoms with E-state index in [0.717, 1.165) is 11.1 Å². The van der Waals surface area contributed by atoms with Crippen LogP contribution in [0.25, 0.3) is 0 Å². The highest BCUT2D eigenvalue weighted by Gasteiger charge is 2.11. The summed E-state index contributed by atoms with van der Waals surface area (Å²) >= 11 is 6.20. The number of nitrogens with one attached hydrogen (secondary N) is 1. The van der Waals surface area contributed by atoms with Gasteiger partial charge in [-0.25, -0.2) is 0 Å². The number of hydrogen-bond donors (Lipinski definition) is 1. The largest absolute Gasteiger partial charge is 0.493 e. The third kappa shape index (κ3) is 3.71. The summed E-state index contributed by atoms with van der Waals surface area (Å²) in [6.45, 7) is 2.29. The first-order valence-electron chi connectivity index (χ1n) is 6.80. The molecule has 0 aliphatic heterocycles. The van der Waals surface area contributed by atoms with Crippen LogP contribution in [0.5, 0.6) is 11.5 Å². The van der Waals surface area contributed by atoms with Crippen molar-refractivity contribution in [3.8, 4) is 11.5 Å². The van der Waals surface area contributed by atoms with Gasteiger partial charge in [0, 0.05) is 23.2 Å². The van der Waals surface area contributed by atoms with Crippen LogP contribution in [0, 0.1) is 6.92 Å². The molecule has 4 nitrogen and oxygen atoms in total. The van der Waals surface area contributed by atoms with Gasteiger partial charge in [0.1, 0.15) is 0 Å². The van der Waals surface area contributed by atoms with E-state index in [-0.39, 0.29) is 5.91 Å². The molecule has 0 aromatic heterocycles. The number of aryl methyl sites for hydroxylation is 1. The lowest BCUT2D eigenvalue weighted by Gasteiger charge is -2.12. The van der Waals surface area contributed by atoms with Crippen LogP contribution in [-0.2, 0) is 6.54 Å². The minimum absolute atomic E-state index is 0.147. The molecular weight excluding hydrogens is 302 g/mol. The van der Waals surface area contributed by atoms with Crippen molar-refractivity contribution in [3.63, 3.8) is 0 Å². The number of methoxy groups -OCH3 is 2. The van der Waals surface area contributed by atoms with E-state index in [2.05, 4.69) is 5.32 Å². The lowest BCUT2D eigenvalue weighted by molar-refractivity contribution is 0.0951. The number of hydrogen-bond acceptors (Lipinski definition) is 3. The third-order valence-corrected chi connectivity index (χ3v) is 3.66. The number of carbonyl (C=O) groups is 1. The van der Waals surface area contributed by atoms with Crippen molar-refractivity contribution in [1.82, 2.24) is 5.32 Å². The predicted octanol–water partition coefficient (Wildman–Crippen LogP) is 3.60. The number of rotatable bonds is 5. The van der Waals surface area contributed by atoms with Crippen LogP contribution in [0.15, 0.2) is 36.4 Å². The number of carbonyl (C=O) groups excluding carboxylic acids is 1. The fourth-order valence-corrected chi connectivity index (χ4v) is 2.23. The zero-order chi connectivity index (χ0) is 16.1. The van der Waals surface area contributed by atoms with E-state index in [1.807, 2.05) is 19.1 Å². The SMILES string of the molecule is COc1cc(Cl)c(CNC(=O)c2ccc(C)cc2)cc1OC. The summed E-state index contributed by atoms with van der Waals surface area (Å²) in [4.78, 5) is 12.1. The third-order valence-electron chi connectivity index (χ3n) is 3.31. The second-order valence-electron chi connectivity index (χ2n) is 4.85. The lowest BCUT2D eigenvalue weighted by atomic mass is 10.1. The molecule has 2 rings (SSSR count). The maximum atomic E-state index is 12.1. The molecule has 0 spiro atoms. The molecule has 0 atom stereocenters. The fourth-order valence-electron chi connectivity index (χ4n) is 2.01. The summed E-state index contributed by atoms with van der Waals surface area (Å²) in [6, 6.07) is 10.8. The number of amides is 1. The first-order valence-corrected chi connectivity index (χ1v) is 7.18. The first-order chi connectivity index (χ1) is 10.5. The Morgan fingerprint density at radius 1 is 1.09 bits per heavy atom. The highest BCUT2D eigenvalue weighted by molar-refractivity contribution is 6.31. The van der Waals surface area contributed by atoms with Crippen molar-refractivity contribution < 1.29 is 14.3 Å². The molecule has 0 unspecified atom stereocenters. The van der Waals surface area contributed by atoms with Gasteiger partial charge in [-0.2, -0.15) is 0 Å². The van der Waals surface area contributed by atoms with E-state index < -0.39 is 0 Å². The molecule has 5 heteroatoms. The van der Waals surface area contributed by atoms with Gasteiger partial charge in [0.15, 0.2) is 11.5 Å². The molecule has 1 amide bonds. The fraction of sp³-hybridized carbons (Fsp3) is 0.235. The van der Waals surface area contributed by atoms with Crippen molar-refractivity contribution in [2.24, 2.45) is 0 Å². The van der Waals surface area contributed by atoms with Crippen molar-refractivity contribution in [2.75, 3.05) is 14.2 Å². The molecule has 0 heterocycles. The van der Waals surface area contributed by atoms with Gasteiger partial charge in [-0.05, 0) is 30.7 Å². The Kier molecular flexibility index (Phi) is 5.28. The van der Waals surface area contributed by atoms with E-state index in [0.29, 0.717) is 28.6 Å². The van der Waals surface area contributed by atoms with E-state index >= 15 is 0 Å². The number of benzene rings is 2. The van der Waals surface area contributed by atoms with E-state index in [4.69, 9.17) is 21.1 Å². The smallest absolute Gasteiger partial charge is 0.251 e. The Labute approximate surface area is 135 Å². The van der Waals surface area contributed by atoms with Crippen LogP contribution >= 0.6 is 11.6 Å². The van der Waals surface area contributed by atoms with Crippen molar-refractivity contribution >= 4 is 17.5 Å². The summed E-state index contributed by atoms with van der Waals surface area (Å²) < 4.78 is 10.4. The van der Waals surface area contributed by atoms with Crippen LogP contribution < -0.4 is 14.8 Å². The maximum absolute atomic E-state index is 12.1. The second-order valence-corrected chi connectivity index (χ2v) is 5.25. The summed E-state index contributed by atoms with van der Waals surface area (Å²) in [7, 11) is 3.10. The highest BCUT2D eigenvalue weighted by atomic mass is 35.5. The van der Waals surface area contributed by atoms with Crippen LogP contribution in [0.4, 0.5) is 0 Å².